The number of rotatable bonds is 5. The van der Waals surface area contributed by atoms with Crippen LogP contribution in [0.1, 0.15) is 59.8 Å². The molecule has 0 nitrogen and oxygen atoms in total. The number of fused-ring (bicyclic) bond motifs is 2. The summed E-state index contributed by atoms with van der Waals surface area (Å²) >= 11 is 0. The zero-order valence-corrected chi connectivity index (χ0v) is 19.2. The van der Waals surface area contributed by atoms with Gasteiger partial charge in [0.2, 0.25) is 0 Å². The van der Waals surface area contributed by atoms with Gasteiger partial charge >= 0.3 is 26.2 Å². The van der Waals surface area contributed by atoms with E-state index in [2.05, 4.69) is 79.3 Å². The first-order valence-corrected chi connectivity index (χ1v) is 9.22. The minimum atomic E-state index is 0. The Bertz CT molecular complexity index is 836. The van der Waals surface area contributed by atoms with Crippen molar-refractivity contribution < 1.29 is 51.0 Å². The second kappa shape index (κ2) is 9.25. The van der Waals surface area contributed by atoms with Crippen molar-refractivity contribution in [1.29, 1.82) is 0 Å². The van der Waals surface area contributed by atoms with E-state index in [1.165, 1.54) is 42.4 Å². The first-order valence-electron chi connectivity index (χ1n) is 9.22. The molecule has 0 aromatic heterocycles. The van der Waals surface area contributed by atoms with E-state index in [1.54, 1.807) is 5.56 Å². The van der Waals surface area contributed by atoms with Crippen LogP contribution in [0.5, 0.6) is 0 Å². The molecule has 0 N–H and O–H groups in total. The first kappa shape index (κ1) is 22.7. The molecule has 0 saturated heterocycles. The van der Waals surface area contributed by atoms with E-state index in [-0.39, 0.29) is 51.0 Å². The van der Waals surface area contributed by atoms with Gasteiger partial charge in [0, 0.05) is 5.92 Å². The number of hydrogen-bond acceptors (Lipinski definition) is 0. The maximum atomic E-state index is 2.57. The van der Waals surface area contributed by atoms with E-state index in [4.69, 9.17) is 0 Å². The van der Waals surface area contributed by atoms with Crippen molar-refractivity contribution in [2.75, 3.05) is 0 Å². The summed E-state index contributed by atoms with van der Waals surface area (Å²) in [5.41, 5.74) is 6.40. The molecule has 3 aliphatic rings. The second-order valence-electron chi connectivity index (χ2n) is 7.65. The fourth-order valence-electron chi connectivity index (χ4n) is 4.67. The molecular weight excluding hydrogens is 450 g/mol. The Morgan fingerprint density at radius 1 is 0.815 bits per heavy atom. The molecule has 0 spiro atoms. The standard InChI is InChI=1S/C24H23.2ClH.Zr/c1-3-9-21-18(6-1)11-12-19(21)8-5-15-24(16-17-24)23-14-13-20-7-2-4-10-22(20)23;;;/h1-7,9-14,19,23H,8,15-17H2;2*1H;/q-1;;;+3/p-2. The average Bonchev–Trinajstić information content (AvgIpc) is 3.10. The Balaban J connectivity index is 0.000000871. The molecule has 0 aliphatic heterocycles. The van der Waals surface area contributed by atoms with Crippen LogP contribution in [0.15, 0.2) is 60.7 Å². The minimum absolute atomic E-state index is 0. The molecule has 2 aromatic rings. The largest absolute Gasteiger partial charge is 3.00 e. The summed E-state index contributed by atoms with van der Waals surface area (Å²) in [7, 11) is 0. The zero-order chi connectivity index (χ0) is 16.0. The predicted molar refractivity (Wildman–Crippen MR) is 102 cm³/mol. The van der Waals surface area contributed by atoms with Gasteiger partial charge in [-0.3, -0.25) is 0 Å². The van der Waals surface area contributed by atoms with Crippen molar-refractivity contribution in [3.05, 3.63) is 89.4 Å². The summed E-state index contributed by atoms with van der Waals surface area (Å²) in [6.45, 7) is 0. The van der Waals surface area contributed by atoms with Crippen LogP contribution in [0.3, 0.4) is 0 Å². The van der Waals surface area contributed by atoms with E-state index in [1.807, 2.05) is 0 Å². The van der Waals surface area contributed by atoms with Gasteiger partial charge in [-0.2, -0.15) is 12.8 Å². The fraction of sp³-hybridized carbons (Fsp3) is 0.292. The third kappa shape index (κ3) is 4.21. The monoisotopic (exact) mass is 471 g/mol. The van der Waals surface area contributed by atoms with Gasteiger partial charge in [-0.15, -0.1) is 0 Å². The summed E-state index contributed by atoms with van der Waals surface area (Å²) < 4.78 is 0. The van der Waals surface area contributed by atoms with Crippen LogP contribution in [-0.2, 0) is 26.2 Å². The van der Waals surface area contributed by atoms with Gasteiger partial charge in [-0.25, -0.2) is 0 Å². The maximum absolute atomic E-state index is 2.57. The normalized spacial score (nSPS) is 22.1. The Labute approximate surface area is 194 Å². The third-order valence-electron chi connectivity index (χ3n) is 6.23. The molecule has 5 rings (SSSR count). The van der Waals surface area contributed by atoms with Gasteiger partial charge in [-0.1, -0.05) is 72.8 Å². The zero-order valence-electron chi connectivity index (χ0n) is 15.2. The number of hydrogen-bond donors (Lipinski definition) is 0. The third-order valence-corrected chi connectivity index (χ3v) is 6.23. The van der Waals surface area contributed by atoms with Gasteiger partial charge in [0.1, 0.15) is 0 Å². The van der Waals surface area contributed by atoms with Crippen molar-refractivity contribution in [1.82, 2.24) is 0 Å². The minimum Gasteiger partial charge on any atom is -1.00 e. The van der Waals surface area contributed by atoms with Crippen molar-refractivity contribution in [3.63, 3.8) is 0 Å². The molecule has 3 aliphatic carbocycles. The smallest absolute Gasteiger partial charge is 1.00 e. The van der Waals surface area contributed by atoms with Gasteiger partial charge in [0.05, 0.1) is 0 Å². The number of benzene rings is 2. The quantitative estimate of drug-likeness (QED) is 0.551. The molecular formula is C24H23Cl2Zr. The Morgan fingerprint density at radius 3 is 2.11 bits per heavy atom. The van der Waals surface area contributed by atoms with Crippen LogP contribution in [0.2, 0.25) is 0 Å². The van der Waals surface area contributed by atoms with Crippen molar-refractivity contribution in [2.45, 2.75) is 37.5 Å². The van der Waals surface area contributed by atoms with Crippen LogP contribution < -0.4 is 24.8 Å². The van der Waals surface area contributed by atoms with E-state index in [0.717, 1.165) is 0 Å². The molecule has 137 valence electrons. The number of halogens is 2. The molecule has 1 fully saturated rings. The molecule has 3 heteroatoms. The van der Waals surface area contributed by atoms with Crippen molar-refractivity contribution in [2.24, 2.45) is 5.41 Å². The fourth-order valence-corrected chi connectivity index (χ4v) is 4.67. The molecule has 0 bridgehead atoms. The Morgan fingerprint density at radius 2 is 1.41 bits per heavy atom. The van der Waals surface area contributed by atoms with Crippen LogP contribution in [-0.4, -0.2) is 0 Å². The molecule has 1 saturated carbocycles. The van der Waals surface area contributed by atoms with Crippen molar-refractivity contribution in [3.8, 4) is 0 Å². The topological polar surface area (TPSA) is 0 Å². The molecule has 2 atom stereocenters. The van der Waals surface area contributed by atoms with Crippen LogP contribution in [0, 0.1) is 11.8 Å². The molecule has 2 unspecified atom stereocenters. The maximum Gasteiger partial charge on any atom is 3.00 e. The number of allylic oxidation sites excluding steroid dienone is 2. The summed E-state index contributed by atoms with van der Waals surface area (Å²) in [4.78, 5) is 0. The molecule has 27 heavy (non-hydrogen) atoms. The Hall–Kier alpha value is -0.617. The van der Waals surface area contributed by atoms with Crippen LogP contribution in [0.25, 0.3) is 12.2 Å². The van der Waals surface area contributed by atoms with E-state index in [0.29, 0.717) is 17.3 Å². The predicted octanol–water partition coefficient (Wildman–Crippen LogP) is 0.378. The van der Waals surface area contributed by atoms with Gasteiger partial charge in [-0.05, 0) is 46.4 Å². The molecule has 1 radical (unpaired) electrons. The van der Waals surface area contributed by atoms with Gasteiger partial charge in [0.15, 0.2) is 0 Å². The Kier molecular flexibility index (Phi) is 7.77. The summed E-state index contributed by atoms with van der Waals surface area (Å²) in [5.74, 6) is 1.22. The van der Waals surface area contributed by atoms with E-state index >= 15 is 0 Å². The first-order chi connectivity index (χ1) is 11.9. The van der Waals surface area contributed by atoms with Crippen LogP contribution in [0.4, 0.5) is 0 Å². The summed E-state index contributed by atoms with van der Waals surface area (Å²) in [6, 6.07) is 17.8. The van der Waals surface area contributed by atoms with Crippen LogP contribution >= 0.6 is 0 Å². The average molecular weight is 474 g/mol. The molecule has 2 aromatic carbocycles. The summed E-state index contributed by atoms with van der Waals surface area (Å²) in [6.07, 6.45) is 17.2. The second-order valence-corrected chi connectivity index (χ2v) is 7.65. The van der Waals surface area contributed by atoms with Gasteiger partial charge in [0.25, 0.3) is 0 Å². The van der Waals surface area contributed by atoms with E-state index in [9.17, 15) is 0 Å². The SMILES string of the molecule is C1=CC(C[CH-]CC2(C3C=Cc4ccccc43)CC2)c2ccccc21.[Cl-].[Cl-].[Zr+3]. The van der Waals surface area contributed by atoms with Gasteiger partial charge < -0.3 is 31.2 Å². The van der Waals surface area contributed by atoms with E-state index < -0.39 is 0 Å². The summed E-state index contributed by atoms with van der Waals surface area (Å²) in [5, 5.41) is 0. The molecule has 0 amide bonds. The molecule has 0 heterocycles. The van der Waals surface area contributed by atoms with Crippen molar-refractivity contribution >= 4 is 12.2 Å².